The monoisotopic (exact) mass is 313 g/mol. The lowest BCUT2D eigenvalue weighted by Crippen LogP contribution is -2.09. The summed E-state index contributed by atoms with van der Waals surface area (Å²) >= 11 is 5.77. The van der Waals surface area contributed by atoms with Gasteiger partial charge in [0.1, 0.15) is 17.2 Å². The Hall–Kier alpha value is -2.41. The number of carbonyl (C=O) groups excluding carboxylic acids is 1. The van der Waals surface area contributed by atoms with Crippen LogP contribution in [0.25, 0.3) is 0 Å². The summed E-state index contributed by atoms with van der Waals surface area (Å²) in [5.41, 5.74) is 5.56. The minimum Gasteiger partial charge on any atom is -0.465 e. The Morgan fingerprint density at radius 2 is 2.10 bits per heavy atom. The lowest BCUT2D eigenvalue weighted by Gasteiger charge is -2.12. The van der Waals surface area contributed by atoms with Crippen molar-refractivity contribution in [2.45, 2.75) is 0 Å². The summed E-state index contributed by atoms with van der Waals surface area (Å²) in [7, 11) is 1.18. The van der Waals surface area contributed by atoms with E-state index in [4.69, 9.17) is 17.3 Å². The Bertz CT molecular complexity index is 687. The van der Waals surface area contributed by atoms with Crippen molar-refractivity contribution in [2.24, 2.45) is 0 Å². The lowest BCUT2D eigenvalue weighted by molar-refractivity contribution is 0.0601. The molecule has 21 heavy (non-hydrogen) atoms. The molecule has 0 saturated heterocycles. The molecule has 0 atom stereocenters. The Labute approximate surface area is 123 Å². The van der Waals surface area contributed by atoms with Crippen LogP contribution in [0.4, 0.5) is 26.0 Å². The van der Waals surface area contributed by atoms with Crippen LogP contribution in [-0.2, 0) is 4.74 Å². The fourth-order valence-corrected chi connectivity index (χ4v) is 1.87. The second-order valence-corrected chi connectivity index (χ2v) is 4.43. The Kier molecular flexibility index (Phi) is 4.23. The van der Waals surface area contributed by atoms with Crippen molar-refractivity contribution >= 4 is 34.8 Å². The van der Waals surface area contributed by atoms with Crippen molar-refractivity contribution in [1.29, 1.82) is 0 Å². The number of benzene rings is 1. The van der Waals surface area contributed by atoms with Gasteiger partial charge in [-0.25, -0.2) is 18.6 Å². The van der Waals surface area contributed by atoms with Crippen LogP contribution in [0.2, 0.25) is 5.02 Å². The van der Waals surface area contributed by atoms with Gasteiger partial charge in [0, 0.05) is 6.07 Å². The number of nitrogens with zero attached hydrogens (tertiary/aromatic N) is 1. The molecule has 0 aliphatic carbocycles. The van der Waals surface area contributed by atoms with E-state index in [1.165, 1.54) is 19.4 Å². The van der Waals surface area contributed by atoms with E-state index >= 15 is 0 Å². The van der Waals surface area contributed by atoms with E-state index in [9.17, 15) is 13.6 Å². The fraction of sp³-hybridized carbons (Fsp3) is 0.0769. The van der Waals surface area contributed by atoms with Crippen molar-refractivity contribution in [3.05, 3.63) is 46.6 Å². The maximum Gasteiger partial charge on any atom is 0.341 e. The third kappa shape index (κ3) is 3.19. The predicted octanol–water partition coefficient (Wildman–Crippen LogP) is 3.13. The zero-order chi connectivity index (χ0) is 15.6. The highest BCUT2D eigenvalue weighted by atomic mass is 35.5. The molecular formula is C13H10ClF2N3O2. The summed E-state index contributed by atoms with van der Waals surface area (Å²) in [5.74, 6) is -2.46. The van der Waals surface area contributed by atoms with Gasteiger partial charge in [-0.2, -0.15) is 0 Å². The first-order chi connectivity index (χ1) is 9.92. The van der Waals surface area contributed by atoms with Crippen molar-refractivity contribution in [3.8, 4) is 0 Å². The van der Waals surface area contributed by atoms with Crippen molar-refractivity contribution in [1.82, 2.24) is 4.98 Å². The quantitative estimate of drug-likeness (QED) is 0.851. The van der Waals surface area contributed by atoms with Gasteiger partial charge in [-0.15, -0.1) is 0 Å². The molecule has 1 aromatic carbocycles. The Morgan fingerprint density at radius 3 is 2.71 bits per heavy atom. The van der Waals surface area contributed by atoms with E-state index in [-0.39, 0.29) is 27.8 Å². The number of carbonyl (C=O) groups is 1. The van der Waals surface area contributed by atoms with Gasteiger partial charge < -0.3 is 15.8 Å². The topological polar surface area (TPSA) is 77.2 Å². The van der Waals surface area contributed by atoms with Gasteiger partial charge in [0.15, 0.2) is 5.82 Å². The third-order valence-corrected chi connectivity index (χ3v) is 2.86. The van der Waals surface area contributed by atoms with Gasteiger partial charge in [-0.05, 0) is 12.1 Å². The van der Waals surface area contributed by atoms with Crippen LogP contribution in [0.15, 0.2) is 24.4 Å². The molecule has 2 rings (SSSR count). The Balaban J connectivity index is 2.47. The van der Waals surface area contributed by atoms with Crippen LogP contribution >= 0.6 is 11.6 Å². The van der Waals surface area contributed by atoms with Gasteiger partial charge in [-0.1, -0.05) is 11.6 Å². The summed E-state index contributed by atoms with van der Waals surface area (Å²) in [6, 6.07) is 2.90. The summed E-state index contributed by atoms with van der Waals surface area (Å²) < 4.78 is 31.3. The molecule has 0 aliphatic rings. The van der Waals surface area contributed by atoms with Gasteiger partial charge in [0.05, 0.1) is 29.7 Å². The SMILES string of the molecule is COC(=O)c1cc(N)cnc1Nc1c(F)cc(F)cc1Cl. The van der Waals surface area contributed by atoms with Gasteiger partial charge in [0.2, 0.25) is 0 Å². The number of nitrogen functional groups attached to an aromatic ring is 1. The van der Waals surface area contributed by atoms with E-state index in [2.05, 4.69) is 15.0 Å². The number of pyridine rings is 1. The molecule has 0 fully saturated rings. The molecule has 0 saturated carbocycles. The number of methoxy groups -OCH3 is 1. The number of hydrogen-bond acceptors (Lipinski definition) is 5. The lowest BCUT2D eigenvalue weighted by atomic mass is 10.2. The zero-order valence-electron chi connectivity index (χ0n) is 10.8. The van der Waals surface area contributed by atoms with Crippen LogP contribution in [0, 0.1) is 11.6 Å². The number of rotatable bonds is 3. The number of halogens is 3. The van der Waals surface area contributed by atoms with Crippen LogP contribution in [0.5, 0.6) is 0 Å². The molecule has 1 heterocycles. The summed E-state index contributed by atoms with van der Waals surface area (Å²) in [4.78, 5) is 15.5. The normalized spacial score (nSPS) is 10.3. The van der Waals surface area contributed by atoms with E-state index in [1.54, 1.807) is 0 Å². The molecule has 2 aromatic rings. The molecule has 3 N–H and O–H groups in total. The van der Waals surface area contributed by atoms with Crippen LogP contribution in [0.1, 0.15) is 10.4 Å². The first-order valence-corrected chi connectivity index (χ1v) is 6.05. The first-order valence-electron chi connectivity index (χ1n) is 5.67. The number of aromatic nitrogens is 1. The molecule has 0 bridgehead atoms. The highest BCUT2D eigenvalue weighted by Gasteiger charge is 2.17. The van der Waals surface area contributed by atoms with E-state index in [1.807, 2.05) is 0 Å². The third-order valence-electron chi connectivity index (χ3n) is 2.56. The maximum atomic E-state index is 13.7. The summed E-state index contributed by atoms with van der Waals surface area (Å²) in [6.45, 7) is 0. The van der Waals surface area contributed by atoms with E-state index < -0.39 is 17.6 Å². The number of ether oxygens (including phenoxy) is 1. The standard InChI is InChI=1S/C13H10ClF2N3O2/c1-21-13(20)8-4-7(17)5-18-12(8)19-11-9(14)2-6(15)3-10(11)16/h2-5H,17H2,1H3,(H,18,19). The molecular weight excluding hydrogens is 304 g/mol. The summed E-state index contributed by atoms with van der Waals surface area (Å²) in [6.07, 6.45) is 1.27. The average molecular weight is 314 g/mol. The molecule has 0 radical (unpaired) electrons. The van der Waals surface area contributed by atoms with Crippen molar-refractivity contribution < 1.29 is 18.3 Å². The molecule has 0 unspecified atom stereocenters. The molecule has 0 aliphatic heterocycles. The Morgan fingerprint density at radius 1 is 1.38 bits per heavy atom. The number of nitrogens with two attached hydrogens (primary N) is 1. The number of hydrogen-bond donors (Lipinski definition) is 2. The number of esters is 1. The van der Waals surface area contributed by atoms with E-state index in [0.29, 0.717) is 6.07 Å². The van der Waals surface area contributed by atoms with Gasteiger partial charge in [0.25, 0.3) is 0 Å². The van der Waals surface area contributed by atoms with Gasteiger partial charge >= 0.3 is 5.97 Å². The second kappa shape index (κ2) is 5.92. The van der Waals surface area contributed by atoms with Crippen molar-refractivity contribution in [2.75, 3.05) is 18.2 Å². The smallest absolute Gasteiger partial charge is 0.341 e. The molecule has 8 heteroatoms. The number of nitrogens with one attached hydrogen (secondary N) is 1. The highest BCUT2D eigenvalue weighted by Crippen LogP contribution is 2.30. The maximum absolute atomic E-state index is 13.7. The minimum atomic E-state index is -0.922. The first kappa shape index (κ1) is 15.0. The highest BCUT2D eigenvalue weighted by molar-refractivity contribution is 6.33. The van der Waals surface area contributed by atoms with Crippen molar-refractivity contribution in [3.63, 3.8) is 0 Å². The fourth-order valence-electron chi connectivity index (χ4n) is 1.63. The largest absolute Gasteiger partial charge is 0.465 e. The molecule has 5 nitrogen and oxygen atoms in total. The van der Waals surface area contributed by atoms with E-state index in [0.717, 1.165) is 6.07 Å². The predicted molar refractivity (Wildman–Crippen MR) is 74.6 cm³/mol. The van der Waals surface area contributed by atoms with Crippen LogP contribution in [-0.4, -0.2) is 18.1 Å². The summed E-state index contributed by atoms with van der Waals surface area (Å²) in [5, 5.41) is 2.34. The molecule has 0 amide bonds. The van der Waals surface area contributed by atoms with Crippen LogP contribution < -0.4 is 11.1 Å². The number of anilines is 3. The average Bonchev–Trinajstić information content (AvgIpc) is 2.43. The minimum absolute atomic E-state index is 0.00251. The molecule has 1 aromatic heterocycles. The molecule has 110 valence electrons. The van der Waals surface area contributed by atoms with Crippen LogP contribution in [0.3, 0.4) is 0 Å². The van der Waals surface area contributed by atoms with Gasteiger partial charge in [-0.3, -0.25) is 0 Å². The zero-order valence-corrected chi connectivity index (χ0v) is 11.5. The second-order valence-electron chi connectivity index (χ2n) is 4.03. The molecule has 0 spiro atoms.